The van der Waals surface area contributed by atoms with Gasteiger partial charge in [0.25, 0.3) is 0 Å². The van der Waals surface area contributed by atoms with Crippen LogP contribution in [-0.2, 0) is 6.18 Å². The molecule has 26 heavy (non-hydrogen) atoms. The third-order valence-electron chi connectivity index (χ3n) is 3.13. The molecule has 0 amide bonds. The highest BCUT2D eigenvalue weighted by Gasteiger charge is 2.30. The van der Waals surface area contributed by atoms with Gasteiger partial charge < -0.3 is 9.64 Å². The van der Waals surface area contributed by atoms with Crippen molar-refractivity contribution in [3.63, 3.8) is 0 Å². The molecule has 0 aliphatic carbocycles. The summed E-state index contributed by atoms with van der Waals surface area (Å²) in [5.41, 5.74) is -0.731. The highest BCUT2D eigenvalue weighted by molar-refractivity contribution is 6.11. The van der Waals surface area contributed by atoms with E-state index in [1.54, 1.807) is 19.0 Å². The number of carbonyl (C=O) groups is 1. The van der Waals surface area contributed by atoms with E-state index in [1.165, 1.54) is 30.5 Å². The van der Waals surface area contributed by atoms with Crippen LogP contribution in [0.1, 0.15) is 15.9 Å². The molecule has 0 saturated heterocycles. The highest BCUT2D eigenvalue weighted by Crippen LogP contribution is 2.30. The molecular weight excluding hydrogens is 347 g/mol. The fraction of sp³-hybridized carbons (Fsp3) is 0.167. The number of hydrogen-bond donors (Lipinski definition) is 0. The van der Waals surface area contributed by atoms with Gasteiger partial charge in [-0.2, -0.15) is 18.4 Å². The smallest absolute Gasteiger partial charge is 0.417 e. The molecule has 0 aliphatic rings. The molecule has 0 radical (unpaired) electrons. The van der Waals surface area contributed by atoms with Crippen LogP contribution in [0.3, 0.4) is 0 Å². The number of hydrogen-bond acceptors (Lipinski definition) is 5. The molecule has 0 N–H and O–H groups in total. The number of carbonyl (C=O) groups excluding carboxylic acids is 1. The number of ketones is 1. The van der Waals surface area contributed by atoms with Crippen LogP contribution >= 0.6 is 0 Å². The number of Topliss-reactive ketones (excluding diaryl/α,β-unsaturated/α-hetero) is 1. The van der Waals surface area contributed by atoms with Gasteiger partial charge in [-0.1, -0.05) is 12.1 Å². The second kappa shape index (κ2) is 7.70. The van der Waals surface area contributed by atoms with Crippen LogP contribution in [0.4, 0.5) is 13.2 Å². The van der Waals surface area contributed by atoms with Crippen molar-refractivity contribution < 1.29 is 22.7 Å². The largest absolute Gasteiger partial charge is 0.439 e. The van der Waals surface area contributed by atoms with Gasteiger partial charge in [-0.05, 0) is 18.2 Å². The number of halogens is 3. The maximum absolute atomic E-state index is 12.5. The molecule has 1 heterocycles. The van der Waals surface area contributed by atoms with Crippen LogP contribution in [0.2, 0.25) is 0 Å². The quantitative estimate of drug-likeness (QED) is 0.457. The van der Waals surface area contributed by atoms with Crippen molar-refractivity contribution in [3.05, 3.63) is 65.5 Å². The lowest BCUT2D eigenvalue weighted by molar-refractivity contribution is -0.137. The average molecular weight is 361 g/mol. The summed E-state index contributed by atoms with van der Waals surface area (Å²) in [7, 11) is 3.36. The third kappa shape index (κ3) is 4.83. The fourth-order valence-corrected chi connectivity index (χ4v) is 1.98. The molecule has 0 spiro atoms. The number of benzene rings is 1. The third-order valence-corrected chi connectivity index (χ3v) is 3.13. The Morgan fingerprint density at radius 3 is 2.54 bits per heavy atom. The van der Waals surface area contributed by atoms with Gasteiger partial charge in [0.05, 0.1) is 5.56 Å². The molecule has 8 heteroatoms. The van der Waals surface area contributed by atoms with Gasteiger partial charge in [0.2, 0.25) is 11.7 Å². The Morgan fingerprint density at radius 1 is 1.27 bits per heavy atom. The lowest BCUT2D eigenvalue weighted by atomic mass is 10.0. The van der Waals surface area contributed by atoms with Crippen molar-refractivity contribution >= 4 is 5.78 Å². The Kier molecular flexibility index (Phi) is 5.62. The lowest BCUT2D eigenvalue weighted by Gasteiger charge is -2.09. The van der Waals surface area contributed by atoms with Crippen LogP contribution in [0.5, 0.6) is 11.6 Å². The minimum Gasteiger partial charge on any atom is -0.439 e. The van der Waals surface area contributed by atoms with E-state index < -0.39 is 17.5 Å². The Labute approximate surface area is 147 Å². The molecule has 0 atom stereocenters. The fourth-order valence-electron chi connectivity index (χ4n) is 1.98. The van der Waals surface area contributed by atoms with E-state index in [0.29, 0.717) is 6.20 Å². The van der Waals surface area contributed by atoms with Gasteiger partial charge in [0.1, 0.15) is 17.4 Å². The van der Waals surface area contributed by atoms with Crippen LogP contribution in [0.15, 0.2) is 54.4 Å². The molecule has 0 bridgehead atoms. The summed E-state index contributed by atoms with van der Waals surface area (Å²) in [4.78, 5) is 17.5. The average Bonchev–Trinajstić information content (AvgIpc) is 2.59. The Hall–Kier alpha value is -3.34. The standard InChI is InChI=1S/C18H14F3N3O2/c1-24(2)11-13(9-22)17(25)12-4-3-5-15(8-12)26-16-7-6-14(10-23-16)18(19,20)21/h3-8,10-11H,1-2H3. The second-order valence-corrected chi connectivity index (χ2v) is 5.46. The maximum Gasteiger partial charge on any atom is 0.417 e. The molecule has 1 aromatic heterocycles. The van der Waals surface area contributed by atoms with E-state index in [-0.39, 0.29) is 22.8 Å². The van der Waals surface area contributed by atoms with Crippen molar-refractivity contribution in [2.45, 2.75) is 6.18 Å². The highest BCUT2D eigenvalue weighted by atomic mass is 19.4. The number of aromatic nitrogens is 1. The molecule has 134 valence electrons. The second-order valence-electron chi connectivity index (χ2n) is 5.46. The van der Waals surface area contributed by atoms with Gasteiger partial charge in [0, 0.05) is 38.1 Å². The van der Waals surface area contributed by atoms with Crippen molar-refractivity contribution in [2.75, 3.05) is 14.1 Å². The summed E-state index contributed by atoms with van der Waals surface area (Å²) < 4.78 is 43.0. The van der Waals surface area contributed by atoms with E-state index in [0.717, 1.165) is 12.1 Å². The monoisotopic (exact) mass is 361 g/mol. The Morgan fingerprint density at radius 2 is 2.00 bits per heavy atom. The molecule has 0 aliphatic heterocycles. The number of pyridine rings is 1. The number of rotatable bonds is 5. The number of nitriles is 1. The Balaban J connectivity index is 2.22. The maximum atomic E-state index is 12.5. The first-order chi connectivity index (χ1) is 12.2. The van der Waals surface area contributed by atoms with Crippen molar-refractivity contribution in [2.24, 2.45) is 0 Å². The van der Waals surface area contributed by atoms with Gasteiger partial charge in [-0.25, -0.2) is 4.98 Å². The predicted molar refractivity (Wildman–Crippen MR) is 87.5 cm³/mol. The van der Waals surface area contributed by atoms with Gasteiger partial charge >= 0.3 is 6.18 Å². The molecule has 1 aromatic carbocycles. The van der Waals surface area contributed by atoms with E-state index >= 15 is 0 Å². The summed E-state index contributed by atoms with van der Waals surface area (Å²) in [6, 6.07) is 9.74. The molecule has 0 fully saturated rings. The van der Waals surface area contributed by atoms with Gasteiger partial charge in [-0.3, -0.25) is 4.79 Å². The van der Waals surface area contributed by atoms with E-state index in [4.69, 9.17) is 10.00 Å². The first kappa shape index (κ1) is 19.0. The number of ether oxygens (including phenoxy) is 1. The molecule has 0 saturated carbocycles. The van der Waals surface area contributed by atoms with Crippen molar-refractivity contribution in [1.82, 2.24) is 9.88 Å². The predicted octanol–water partition coefficient (Wildman–Crippen LogP) is 4.04. The number of alkyl halides is 3. The molecule has 0 unspecified atom stereocenters. The van der Waals surface area contributed by atoms with Crippen LogP contribution in [0, 0.1) is 11.3 Å². The Bertz CT molecular complexity index is 866. The molecular formula is C18H14F3N3O2. The number of allylic oxidation sites excluding steroid dienone is 1. The van der Waals surface area contributed by atoms with E-state index in [9.17, 15) is 18.0 Å². The normalized spacial score (nSPS) is 11.6. The minimum absolute atomic E-state index is 0.0491. The van der Waals surface area contributed by atoms with Crippen molar-refractivity contribution in [1.29, 1.82) is 5.26 Å². The summed E-state index contributed by atoms with van der Waals surface area (Å²) in [6.07, 6.45) is -2.42. The van der Waals surface area contributed by atoms with Gasteiger partial charge in [0.15, 0.2) is 0 Å². The molecule has 5 nitrogen and oxygen atoms in total. The molecule has 2 aromatic rings. The number of nitrogens with zero attached hydrogens (tertiary/aromatic N) is 3. The zero-order valence-electron chi connectivity index (χ0n) is 13.9. The summed E-state index contributed by atoms with van der Waals surface area (Å²) in [5, 5.41) is 9.10. The SMILES string of the molecule is CN(C)C=C(C#N)C(=O)c1cccc(Oc2ccc(C(F)(F)F)cn2)c1. The van der Waals surface area contributed by atoms with Gasteiger partial charge in [-0.15, -0.1) is 0 Å². The molecule has 2 rings (SSSR count). The lowest BCUT2D eigenvalue weighted by Crippen LogP contribution is -2.09. The minimum atomic E-state index is -4.48. The zero-order chi connectivity index (χ0) is 19.3. The van der Waals surface area contributed by atoms with E-state index in [2.05, 4.69) is 4.98 Å². The summed E-state index contributed by atoms with van der Waals surface area (Å²) in [5.74, 6) is -0.329. The van der Waals surface area contributed by atoms with Crippen LogP contribution in [0.25, 0.3) is 0 Å². The summed E-state index contributed by atoms with van der Waals surface area (Å²) in [6.45, 7) is 0. The van der Waals surface area contributed by atoms with Crippen LogP contribution < -0.4 is 4.74 Å². The summed E-state index contributed by atoms with van der Waals surface area (Å²) >= 11 is 0. The zero-order valence-corrected chi connectivity index (χ0v) is 13.9. The first-order valence-corrected chi connectivity index (χ1v) is 7.35. The van der Waals surface area contributed by atoms with E-state index in [1.807, 2.05) is 6.07 Å². The first-order valence-electron chi connectivity index (χ1n) is 7.35. The van der Waals surface area contributed by atoms with Crippen molar-refractivity contribution in [3.8, 4) is 17.7 Å². The topological polar surface area (TPSA) is 66.2 Å². The van der Waals surface area contributed by atoms with Crippen LogP contribution in [-0.4, -0.2) is 29.8 Å².